The highest BCUT2D eigenvalue weighted by atomic mass is 16.3. The smallest absolute Gasteiger partial charge is 0.0681 e. The van der Waals surface area contributed by atoms with Crippen molar-refractivity contribution >= 4 is 5.69 Å². The molecular formula is C16H25NO. The van der Waals surface area contributed by atoms with Crippen LogP contribution in [0.15, 0.2) is 30.3 Å². The monoisotopic (exact) mass is 247 g/mol. The van der Waals surface area contributed by atoms with E-state index in [1.807, 2.05) is 6.07 Å². The van der Waals surface area contributed by atoms with E-state index >= 15 is 0 Å². The van der Waals surface area contributed by atoms with Crippen molar-refractivity contribution in [2.45, 2.75) is 45.1 Å². The van der Waals surface area contributed by atoms with Gasteiger partial charge in [-0.05, 0) is 43.7 Å². The molecule has 0 aliphatic carbocycles. The Morgan fingerprint density at radius 2 is 1.78 bits per heavy atom. The molecule has 100 valence electrons. The van der Waals surface area contributed by atoms with Gasteiger partial charge in [0.2, 0.25) is 0 Å². The van der Waals surface area contributed by atoms with Gasteiger partial charge in [-0.15, -0.1) is 0 Å². The molecule has 0 amide bonds. The number of nitrogens with zero attached hydrogens (tertiary/aromatic N) is 1. The molecule has 1 N–H and O–H groups in total. The molecule has 0 spiro atoms. The first-order chi connectivity index (χ1) is 8.59. The van der Waals surface area contributed by atoms with Crippen LogP contribution in [0.3, 0.4) is 0 Å². The highest BCUT2D eigenvalue weighted by molar-refractivity contribution is 5.46. The Morgan fingerprint density at radius 3 is 2.33 bits per heavy atom. The molecular weight excluding hydrogens is 222 g/mol. The van der Waals surface area contributed by atoms with Crippen LogP contribution in [-0.4, -0.2) is 23.8 Å². The van der Waals surface area contributed by atoms with Crippen molar-refractivity contribution in [1.29, 1.82) is 0 Å². The SMILES string of the molecule is CC(C)CCC1(O)CCN(c2ccccc2)CC1. The van der Waals surface area contributed by atoms with Crippen LogP contribution in [-0.2, 0) is 0 Å². The third-order valence-electron chi connectivity index (χ3n) is 4.00. The second-order valence-corrected chi connectivity index (χ2v) is 5.98. The quantitative estimate of drug-likeness (QED) is 0.881. The molecule has 2 rings (SSSR count). The van der Waals surface area contributed by atoms with E-state index < -0.39 is 5.60 Å². The van der Waals surface area contributed by atoms with Gasteiger partial charge in [0.15, 0.2) is 0 Å². The summed E-state index contributed by atoms with van der Waals surface area (Å²) in [5.74, 6) is 0.682. The molecule has 0 aromatic heterocycles. The summed E-state index contributed by atoms with van der Waals surface area (Å²) in [6.07, 6.45) is 3.87. The third kappa shape index (κ3) is 3.49. The van der Waals surface area contributed by atoms with Crippen molar-refractivity contribution in [3.05, 3.63) is 30.3 Å². The lowest BCUT2D eigenvalue weighted by atomic mass is 9.85. The fourth-order valence-electron chi connectivity index (χ4n) is 2.63. The number of hydrogen-bond donors (Lipinski definition) is 1. The molecule has 18 heavy (non-hydrogen) atoms. The first kappa shape index (κ1) is 13.4. The van der Waals surface area contributed by atoms with E-state index in [0.29, 0.717) is 5.92 Å². The number of hydrogen-bond acceptors (Lipinski definition) is 2. The van der Waals surface area contributed by atoms with Crippen molar-refractivity contribution in [2.24, 2.45) is 5.92 Å². The summed E-state index contributed by atoms with van der Waals surface area (Å²) >= 11 is 0. The van der Waals surface area contributed by atoms with Crippen LogP contribution >= 0.6 is 0 Å². The highest BCUT2D eigenvalue weighted by Gasteiger charge is 2.31. The molecule has 2 heteroatoms. The lowest BCUT2D eigenvalue weighted by Gasteiger charge is -2.39. The van der Waals surface area contributed by atoms with Gasteiger partial charge in [0.05, 0.1) is 5.60 Å². The maximum absolute atomic E-state index is 10.6. The predicted octanol–water partition coefficient (Wildman–Crippen LogP) is 3.45. The first-order valence-electron chi connectivity index (χ1n) is 7.11. The number of para-hydroxylation sites is 1. The number of aliphatic hydroxyl groups is 1. The van der Waals surface area contributed by atoms with Crippen molar-refractivity contribution in [3.63, 3.8) is 0 Å². The normalized spacial score (nSPS) is 19.2. The Labute approximate surface area is 111 Å². The molecule has 0 unspecified atom stereocenters. The molecule has 1 heterocycles. The maximum atomic E-state index is 10.6. The van der Waals surface area contributed by atoms with Crippen LogP contribution in [0.5, 0.6) is 0 Å². The van der Waals surface area contributed by atoms with Gasteiger partial charge in [-0.25, -0.2) is 0 Å². The van der Waals surface area contributed by atoms with E-state index in [1.165, 1.54) is 5.69 Å². The topological polar surface area (TPSA) is 23.5 Å². The summed E-state index contributed by atoms with van der Waals surface area (Å²) in [6.45, 7) is 6.39. The van der Waals surface area contributed by atoms with Gasteiger partial charge >= 0.3 is 0 Å². The Balaban J connectivity index is 1.87. The van der Waals surface area contributed by atoms with Crippen LogP contribution in [0.25, 0.3) is 0 Å². The fourth-order valence-corrected chi connectivity index (χ4v) is 2.63. The lowest BCUT2D eigenvalue weighted by Crippen LogP contribution is -2.44. The minimum atomic E-state index is -0.421. The van der Waals surface area contributed by atoms with E-state index in [-0.39, 0.29) is 0 Å². The molecule has 0 radical (unpaired) electrons. The zero-order chi connectivity index (χ0) is 13.0. The van der Waals surface area contributed by atoms with Crippen molar-refractivity contribution in [2.75, 3.05) is 18.0 Å². The van der Waals surface area contributed by atoms with Crippen molar-refractivity contribution < 1.29 is 5.11 Å². The van der Waals surface area contributed by atoms with Crippen LogP contribution in [0, 0.1) is 5.92 Å². The predicted molar refractivity (Wildman–Crippen MR) is 76.9 cm³/mol. The van der Waals surface area contributed by atoms with Crippen molar-refractivity contribution in [3.8, 4) is 0 Å². The Hall–Kier alpha value is -1.02. The molecule has 2 nitrogen and oxygen atoms in total. The molecule has 1 aromatic rings. The van der Waals surface area contributed by atoms with Gasteiger partial charge in [0.1, 0.15) is 0 Å². The Morgan fingerprint density at radius 1 is 1.17 bits per heavy atom. The van der Waals surface area contributed by atoms with Gasteiger partial charge in [-0.3, -0.25) is 0 Å². The van der Waals surface area contributed by atoms with Crippen LogP contribution < -0.4 is 4.90 Å². The zero-order valence-electron chi connectivity index (χ0n) is 11.6. The maximum Gasteiger partial charge on any atom is 0.0681 e. The first-order valence-corrected chi connectivity index (χ1v) is 7.11. The van der Waals surface area contributed by atoms with Gasteiger partial charge < -0.3 is 10.0 Å². The number of anilines is 1. The lowest BCUT2D eigenvalue weighted by molar-refractivity contribution is 0.00348. The average Bonchev–Trinajstić information content (AvgIpc) is 2.39. The summed E-state index contributed by atoms with van der Waals surface area (Å²) in [6, 6.07) is 10.5. The largest absolute Gasteiger partial charge is 0.390 e. The molecule has 1 aliphatic rings. The van der Waals surface area contributed by atoms with Gasteiger partial charge in [0, 0.05) is 18.8 Å². The molecule has 1 saturated heterocycles. The van der Waals surface area contributed by atoms with Gasteiger partial charge in [0.25, 0.3) is 0 Å². The van der Waals surface area contributed by atoms with Gasteiger partial charge in [-0.1, -0.05) is 32.0 Å². The zero-order valence-corrected chi connectivity index (χ0v) is 11.6. The number of rotatable bonds is 4. The second kappa shape index (κ2) is 5.75. The molecule has 0 saturated carbocycles. The molecule has 1 aromatic carbocycles. The molecule has 0 atom stereocenters. The summed E-state index contributed by atoms with van der Waals surface area (Å²) in [7, 11) is 0. The summed E-state index contributed by atoms with van der Waals surface area (Å²) in [4.78, 5) is 2.38. The minimum absolute atomic E-state index is 0.421. The molecule has 1 aliphatic heterocycles. The minimum Gasteiger partial charge on any atom is -0.390 e. The Bertz CT molecular complexity index is 353. The fraction of sp³-hybridized carbons (Fsp3) is 0.625. The summed E-state index contributed by atoms with van der Waals surface area (Å²) in [5, 5.41) is 10.6. The summed E-state index contributed by atoms with van der Waals surface area (Å²) < 4.78 is 0. The standard InChI is InChI=1S/C16H25NO/c1-14(2)8-9-16(18)10-12-17(13-11-16)15-6-4-3-5-7-15/h3-7,14,18H,8-13H2,1-2H3. The number of benzene rings is 1. The third-order valence-corrected chi connectivity index (χ3v) is 4.00. The molecule has 1 fully saturated rings. The van der Waals surface area contributed by atoms with E-state index in [4.69, 9.17) is 0 Å². The summed E-state index contributed by atoms with van der Waals surface area (Å²) in [5.41, 5.74) is 0.860. The molecule has 0 bridgehead atoms. The highest BCUT2D eigenvalue weighted by Crippen LogP contribution is 2.30. The number of piperidine rings is 1. The van der Waals surface area contributed by atoms with E-state index in [2.05, 4.69) is 43.0 Å². The van der Waals surface area contributed by atoms with E-state index in [9.17, 15) is 5.11 Å². The van der Waals surface area contributed by atoms with E-state index in [0.717, 1.165) is 38.8 Å². The average molecular weight is 247 g/mol. The van der Waals surface area contributed by atoms with Crippen LogP contribution in [0.2, 0.25) is 0 Å². The van der Waals surface area contributed by atoms with Gasteiger partial charge in [-0.2, -0.15) is 0 Å². The van der Waals surface area contributed by atoms with Crippen LogP contribution in [0.4, 0.5) is 5.69 Å². The van der Waals surface area contributed by atoms with Crippen molar-refractivity contribution in [1.82, 2.24) is 0 Å². The van der Waals surface area contributed by atoms with Crippen LogP contribution in [0.1, 0.15) is 39.5 Å². The Kier molecular flexibility index (Phi) is 4.28. The second-order valence-electron chi connectivity index (χ2n) is 5.98. The van der Waals surface area contributed by atoms with E-state index in [1.54, 1.807) is 0 Å².